The third kappa shape index (κ3) is 3.01. The summed E-state index contributed by atoms with van der Waals surface area (Å²) >= 11 is 5.50. The van der Waals surface area contributed by atoms with E-state index < -0.39 is 0 Å². The summed E-state index contributed by atoms with van der Waals surface area (Å²) in [6.45, 7) is 0.811. The molecule has 0 radical (unpaired) electrons. The lowest BCUT2D eigenvalue weighted by Crippen LogP contribution is -2.05. The van der Waals surface area contributed by atoms with Crippen molar-refractivity contribution >= 4 is 38.5 Å². The predicted molar refractivity (Wildman–Crippen MR) is 70.6 cm³/mol. The standard InChI is InChI=1S/C10H9BrIN3/c11-9-10(12)14-15(13-9)7-6-8-4-2-1-3-5-8/h1-5H,6-7H2. The van der Waals surface area contributed by atoms with E-state index in [1.165, 1.54) is 5.56 Å². The molecule has 15 heavy (non-hydrogen) atoms. The lowest BCUT2D eigenvalue weighted by Gasteiger charge is -1.99. The molecule has 5 heteroatoms. The first kappa shape index (κ1) is 11.1. The van der Waals surface area contributed by atoms with Crippen molar-refractivity contribution in [1.29, 1.82) is 0 Å². The maximum absolute atomic E-state index is 4.27. The zero-order valence-corrected chi connectivity index (χ0v) is 11.6. The Morgan fingerprint density at radius 1 is 1.20 bits per heavy atom. The van der Waals surface area contributed by atoms with Gasteiger partial charge in [-0.05, 0) is 50.5 Å². The van der Waals surface area contributed by atoms with E-state index in [1.54, 1.807) is 4.80 Å². The first-order valence-corrected chi connectivity index (χ1v) is 6.43. The van der Waals surface area contributed by atoms with Gasteiger partial charge in [0.15, 0.2) is 8.30 Å². The van der Waals surface area contributed by atoms with Gasteiger partial charge < -0.3 is 0 Å². The van der Waals surface area contributed by atoms with Crippen LogP contribution in [0.5, 0.6) is 0 Å². The van der Waals surface area contributed by atoms with Crippen molar-refractivity contribution in [3.05, 3.63) is 44.2 Å². The molecule has 0 aliphatic rings. The Bertz CT molecular complexity index is 422. The van der Waals surface area contributed by atoms with Crippen LogP contribution in [-0.2, 0) is 13.0 Å². The fourth-order valence-corrected chi connectivity index (χ4v) is 1.90. The van der Waals surface area contributed by atoms with Crippen LogP contribution in [-0.4, -0.2) is 15.0 Å². The highest BCUT2D eigenvalue weighted by Crippen LogP contribution is 2.13. The van der Waals surface area contributed by atoms with Gasteiger partial charge in [0.1, 0.15) is 0 Å². The van der Waals surface area contributed by atoms with E-state index in [1.807, 2.05) is 18.2 Å². The molecule has 0 aliphatic heterocycles. The first-order chi connectivity index (χ1) is 7.25. The summed E-state index contributed by atoms with van der Waals surface area (Å²) in [5.74, 6) is 0. The minimum atomic E-state index is 0.811. The fourth-order valence-electron chi connectivity index (χ4n) is 1.28. The Hall–Kier alpha value is -0.430. The molecule has 0 bridgehead atoms. The molecule has 0 fully saturated rings. The van der Waals surface area contributed by atoms with Crippen LogP contribution in [0.3, 0.4) is 0 Å². The van der Waals surface area contributed by atoms with Crippen LogP contribution in [0.2, 0.25) is 0 Å². The number of benzene rings is 1. The SMILES string of the molecule is Brc1nn(CCc2ccccc2)nc1I. The Morgan fingerprint density at radius 3 is 2.53 bits per heavy atom. The summed E-state index contributed by atoms with van der Waals surface area (Å²) in [4.78, 5) is 1.72. The van der Waals surface area contributed by atoms with Crippen molar-refractivity contribution < 1.29 is 0 Å². The number of aryl methyl sites for hydroxylation is 2. The molecule has 0 saturated carbocycles. The molecule has 2 rings (SSSR count). The highest BCUT2D eigenvalue weighted by molar-refractivity contribution is 14.1. The number of hydrogen-bond donors (Lipinski definition) is 0. The van der Waals surface area contributed by atoms with Crippen molar-refractivity contribution in [2.45, 2.75) is 13.0 Å². The van der Waals surface area contributed by atoms with Crippen molar-refractivity contribution in [3.63, 3.8) is 0 Å². The van der Waals surface area contributed by atoms with Gasteiger partial charge in [0.25, 0.3) is 0 Å². The molecule has 78 valence electrons. The van der Waals surface area contributed by atoms with Gasteiger partial charge in [0.05, 0.1) is 6.54 Å². The maximum Gasteiger partial charge on any atom is 0.161 e. The number of aromatic nitrogens is 3. The van der Waals surface area contributed by atoms with Gasteiger partial charge in [-0.1, -0.05) is 30.3 Å². The number of rotatable bonds is 3. The van der Waals surface area contributed by atoms with E-state index in [4.69, 9.17) is 0 Å². The van der Waals surface area contributed by atoms with E-state index in [0.717, 1.165) is 21.3 Å². The van der Waals surface area contributed by atoms with E-state index >= 15 is 0 Å². The largest absolute Gasteiger partial charge is 0.182 e. The molecule has 0 N–H and O–H groups in total. The van der Waals surface area contributed by atoms with E-state index in [2.05, 4.69) is 60.9 Å². The highest BCUT2D eigenvalue weighted by atomic mass is 127. The van der Waals surface area contributed by atoms with Crippen LogP contribution >= 0.6 is 38.5 Å². The molecule has 0 unspecified atom stereocenters. The first-order valence-electron chi connectivity index (χ1n) is 4.56. The molecule has 0 amide bonds. The smallest absolute Gasteiger partial charge is 0.161 e. The van der Waals surface area contributed by atoms with Gasteiger partial charge in [-0.2, -0.15) is 4.80 Å². The van der Waals surface area contributed by atoms with Crippen LogP contribution in [0.25, 0.3) is 0 Å². The number of nitrogens with zero attached hydrogens (tertiary/aromatic N) is 3. The summed E-state index contributed by atoms with van der Waals surface area (Å²) in [6, 6.07) is 10.3. The van der Waals surface area contributed by atoms with Gasteiger partial charge in [0.2, 0.25) is 0 Å². The normalized spacial score (nSPS) is 10.5. The molecule has 0 atom stereocenters. The Balaban J connectivity index is 1.99. The molecule has 0 saturated heterocycles. The maximum atomic E-state index is 4.27. The van der Waals surface area contributed by atoms with Crippen LogP contribution in [0.4, 0.5) is 0 Å². The van der Waals surface area contributed by atoms with Crippen LogP contribution in [0.15, 0.2) is 34.9 Å². The molecular weight excluding hydrogens is 369 g/mol. The molecule has 1 heterocycles. The third-order valence-electron chi connectivity index (χ3n) is 2.02. The van der Waals surface area contributed by atoms with Crippen molar-refractivity contribution in [2.24, 2.45) is 0 Å². The van der Waals surface area contributed by atoms with E-state index in [-0.39, 0.29) is 0 Å². The lowest BCUT2D eigenvalue weighted by atomic mass is 10.2. The van der Waals surface area contributed by atoms with E-state index in [9.17, 15) is 0 Å². The van der Waals surface area contributed by atoms with Crippen molar-refractivity contribution in [1.82, 2.24) is 15.0 Å². The lowest BCUT2D eigenvalue weighted by molar-refractivity contribution is 0.533. The second-order valence-corrected chi connectivity index (χ2v) is 4.89. The second kappa shape index (κ2) is 5.07. The summed E-state index contributed by atoms with van der Waals surface area (Å²) in [6.07, 6.45) is 0.956. The minimum absolute atomic E-state index is 0.811. The molecular formula is C10H9BrIN3. The topological polar surface area (TPSA) is 30.7 Å². The number of hydrogen-bond acceptors (Lipinski definition) is 2. The molecule has 0 aliphatic carbocycles. The van der Waals surface area contributed by atoms with Gasteiger partial charge in [-0.15, -0.1) is 10.2 Å². The molecule has 3 nitrogen and oxygen atoms in total. The second-order valence-electron chi connectivity index (χ2n) is 3.11. The zero-order chi connectivity index (χ0) is 10.7. The summed E-state index contributed by atoms with van der Waals surface area (Å²) in [7, 11) is 0. The van der Waals surface area contributed by atoms with E-state index in [0.29, 0.717) is 0 Å². The molecule has 0 spiro atoms. The average Bonchev–Trinajstić information content (AvgIpc) is 2.57. The average molecular weight is 378 g/mol. The summed E-state index contributed by atoms with van der Waals surface area (Å²) in [5, 5.41) is 8.51. The fraction of sp³-hybridized carbons (Fsp3) is 0.200. The summed E-state index contributed by atoms with van der Waals surface area (Å²) < 4.78 is 1.72. The molecule has 1 aromatic heterocycles. The van der Waals surface area contributed by atoms with Crippen LogP contribution in [0, 0.1) is 3.70 Å². The summed E-state index contributed by atoms with van der Waals surface area (Å²) in [5.41, 5.74) is 1.31. The quantitative estimate of drug-likeness (QED) is 0.770. The van der Waals surface area contributed by atoms with Crippen LogP contribution < -0.4 is 0 Å². The minimum Gasteiger partial charge on any atom is -0.182 e. The van der Waals surface area contributed by atoms with Gasteiger partial charge in [0, 0.05) is 0 Å². The highest BCUT2D eigenvalue weighted by Gasteiger charge is 2.04. The zero-order valence-electron chi connectivity index (χ0n) is 7.90. The van der Waals surface area contributed by atoms with Crippen molar-refractivity contribution in [2.75, 3.05) is 0 Å². The molecule has 2 aromatic rings. The Labute approximate surface area is 110 Å². The van der Waals surface area contributed by atoms with Gasteiger partial charge >= 0.3 is 0 Å². The predicted octanol–water partition coefficient (Wildman–Crippen LogP) is 2.89. The van der Waals surface area contributed by atoms with Gasteiger partial charge in [-0.3, -0.25) is 0 Å². The molecule has 1 aromatic carbocycles. The van der Waals surface area contributed by atoms with Gasteiger partial charge in [-0.25, -0.2) is 0 Å². The third-order valence-corrected chi connectivity index (χ3v) is 4.02. The number of halogens is 2. The Kier molecular flexibility index (Phi) is 3.74. The Morgan fingerprint density at radius 2 is 1.93 bits per heavy atom. The monoisotopic (exact) mass is 377 g/mol. The van der Waals surface area contributed by atoms with Crippen molar-refractivity contribution in [3.8, 4) is 0 Å². The van der Waals surface area contributed by atoms with Crippen LogP contribution in [0.1, 0.15) is 5.56 Å².